The Balaban J connectivity index is 1.92. The topological polar surface area (TPSA) is 32.3 Å². The Hall–Kier alpha value is -0.930. The standard InChI is InChI=1S/C16H24FNO/c1-13(14-8-4-5-9-15(14)17)18-12-16(19)10-6-2-3-7-11-16/h4-5,8-9,13,18-19H,2-3,6-7,10-12H2,1H3. The number of rotatable bonds is 4. The summed E-state index contributed by atoms with van der Waals surface area (Å²) in [5, 5.41) is 13.8. The van der Waals surface area contributed by atoms with E-state index in [1.165, 1.54) is 18.9 Å². The van der Waals surface area contributed by atoms with Crippen LogP contribution in [0.15, 0.2) is 24.3 Å². The summed E-state index contributed by atoms with van der Waals surface area (Å²) in [6, 6.07) is 6.74. The van der Waals surface area contributed by atoms with E-state index in [4.69, 9.17) is 0 Å². The molecule has 0 bridgehead atoms. The van der Waals surface area contributed by atoms with Gasteiger partial charge >= 0.3 is 0 Å². The Labute approximate surface area is 115 Å². The first kappa shape index (κ1) is 14.5. The number of aliphatic hydroxyl groups is 1. The van der Waals surface area contributed by atoms with Crippen LogP contribution >= 0.6 is 0 Å². The van der Waals surface area contributed by atoms with Gasteiger partial charge in [0.2, 0.25) is 0 Å². The molecule has 19 heavy (non-hydrogen) atoms. The molecule has 1 atom stereocenters. The number of benzene rings is 1. The lowest BCUT2D eigenvalue weighted by molar-refractivity contribution is 0.0230. The third-order valence-electron chi connectivity index (χ3n) is 4.14. The maximum atomic E-state index is 13.7. The van der Waals surface area contributed by atoms with Crippen LogP contribution in [0.1, 0.15) is 57.1 Å². The molecule has 3 heteroatoms. The van der Waals surface area contributed by atoms with Crippen molar-refractivity contribution in [3.05, 3.63) is 35.6 Å². The van der Waals surface area contributed by atoms with Gasteiger partial charge in [-0.1, -0.05) is 43.9 Å². The fraction of sp³-hybridized carbons (Fsp3) is 0.625. The van der Waals surface area contributed by atoms with Gasteiger partial charge in [0.05, 0.1) is 5.60 Å². The van der Waals surface area contributed by atoms with Crippen LogP contribution in [0.5, 0.6) is 0 Å². The average Bonchev–Trinajstić information content (AvgIpc) is 2.62. The maximum Gasteiger partial charge on any atom is 0.127 e. The summed E-state index contributed by atoms with van der Waals surface area (Å²) < 4.78 is 13.7. The zero-order chi connectivity index (χ0) is 13.7. The molecule has 2 N–H and O–H groups in total. The van der Waals surface area contributed by atoms with Crippen LogP contribution in [0.25, 0.3) is 0 Å². The minimum absolute atomic E-state index is 0.0755. The summed E-state index contributed by atoms with van der Waals surface area (Å²) in [6.45, 7) is 2.49. The van der Waals surface area contributed by atoms with Gasteiger partial charge in [-0.2, -0.15) is 0 Å². The zero-order valence-electron chi connectivity index (χ0n) is 11.7. The summed E-state index contributed by atoms with van der Waals surface area (Å²) in [4.78, 5) is 0. The van der Waals surface area contributed by atoms with Crippen molar-refractivity contribution in [3.63, 3.8) is 0 Å². The molecule has 1 aromatic rings. The van der Waals surface area contributed by atoms with E-state index in [1.54, 1.807) is 12.1 Å². The van der Waals surface area contributed by atoms with Crippen molar-refractivity contribution in [2.45, 2.75) is 57.1 Å². The van der Waals surface area contributed by atoms with Gasteiger partial charge in [0.1, 0.15) is 5.82 Å². The largest absolute Gasteiger partial charge is 0.389 e. The number of halogens is 1. The first-order chi connectivity index (χ1) is 9.11. The van der Waals surface area contributed by atoms with Gasteiger partial charge in [-0.25, -0.2) is 4.39 Å². The van der Waals surface area contributed by atoms with Crippen LogP contribution in [0.2, 0.25) is 0 Å². The molecular formula is C16H24FNO. The van der Waals surface area contributed by atoms with Crippen molar-refractivity contribution < 1.29 is 9.50 Å². The van der Waals surface area contributed by atoms with E-state index in [0.29, 0.717) is 12.1 Å². The van der Waals surface area contributed by atoms with Gasteiger partial charge in [0, 0.05) is 18.2 Å². The van der Waals surface area contributed by atoms with E-state index < -0.39 is 5.60 Å². The molecule has 106 valence electrons. The molecule has 1 saturated carbocycles. The third-order valence-corrected chi connectivity index (χ3v) is 4.14. The lowest BCUT2D eigenvalue weighted by atomic mass is 9.94. The number of hydrogen-bond acceptors (Lipinski definition) is 2. The average molecular weight is 265 g/mol. The van der Waals surface area contributed by atoms with E-state index in [-0.39, 0.29) is 11.9 Å². The Morgan fingerprint density at radius 1 is 1.21 bits per heavy atom. The second kappa shape index (κ2) is 6.49. The monoisotopic (exact) mass is 265 g/mol. The van der Waals surface area contributed by atoms with Crippen LogP contribution < -0.4 is 5.32 Å². The molecule has 1 aromatic carbocycles. The Morgan fingerprint density at radius 3 is 2.47 bits per heavy atom. The van der Waals surface area contributed by atoms with Crippen molar-refractivity contribution in [1.29, 1.82) is 0 Å². The van der Waals surface area contributed by atoms with E-state index in [1.807, 2.05) is 13.0 Å². The molecule has 0 spiro atoms. The van der Waals surface area contributed by atoms with E-state index in [2.05, 4.69) is 5.32 Å². The molecule has 0 amide bonds. The SMILES string of the molecule is CC(NCC1(O)CCCCCC1)c1ccccc1F. The smallest absolute Gasteiger partial charge is 0.127 e. The van der Waals surface area contributed by atoms with Crippen LogP contribution in [-0.4, -0.2) is 17.3 Å². The summed E-state index contributed by atoms with van der Waals surface area (Å²) in [6.07, 6.45) is 6.31. The van der Waals surface area contributed by atoms with E-state index in [0.717, 1.165) is 25.7 Å². The second-order valence-corrected chi connectivity index (χ2v) is 5.76. The van der Waals surface area contributed by atoms with Crippen molar-refractivity contribution in [2.24, 2.45) is 0 Å². The predicted molar refractivity (Wildman–Crippen MR) is 75.5 cm³/mol. The molecule has 0 saturated heterocycles. The van der Waals surface area contributed by atoms with Gasteiger partial charge in [-0.05, 0) is 25.8 Å². The fourth-order valence-electron chi connectivity index (χ4n) is 2.84. The van der Waals surface area contributed by atoms with Crippen molar-refractivity contribution in [3.8, 4) is 0 Å². The molecule has 1 aliphatic carbocycles. The molecule has 2 rings (SSSR count). The van der Waals surface area contributed by atoms with Gasteiger partial charge in [0.25, 0.3) is 0 Å². The maximum absolute atomic E-state index is 13.7. The molecule has 0 aromatic heterocycles. The molecule has 0 heterocycles. The summed E-state index contributed by atoms with van der Waals surface area (Å²) in [5.41, 5.74) is 0.0513. The normalized spacial score (nSPS) is 20.8. The minimum atomic E-state index is -0.615. The Bertz CT molecular complexity index is 399. The van der Waals surface area contributed by atoms with Gasteiger partial charge < -0.3 is 10.4 Å². The minimum Gasteiger partial charge on any atom is -0.389 e. The quantitative estimate of drug-likeness (QED) is 0.816. The van der Waals surface area contributed by atoms with Crippen LogP contribution in [0.4, 0.5) is 4.39 Å². The zero-order valence-corrected chi connectivity index (χ0v) is 11.7. The van der Waals surface area contributed by atoms with E-state index >= 15 is 0 Å². The number of hydrogen-bond donors (Lipinski definition) is 2. The van der Waals surface area contributed by atoms with Crippen LogP contribution in [-0.2, 0) is 0 Å². The highest BCUT2D eigenvalue weighted by Gasteiger charge is 2.28. The lowest BCUT2D eigenvalue weighted by Gasteiger charge is -2.29. The first-order valence-electron chi connectivity index (χ1n) is 7.31. The lowest BCUT2D eigenvalue weighted by Crippen LogP contribution is -2.41. The highest BCUT2D eigenvalue weighted by molar-refractivity contribution is 5.20. The fourth-order valence-corrected chi connectivity index (χ4v) is 2.84. The number of nitrogens with one attached hydrogen (secondary N) is 1. The molecule has 1 fully saturated rings. The Morgan fingerprint density at radius 2 is 1.84 bits per heavy atom. The molecule has 2 nitrogen and oxygen atoms in total. The van der Waals surface area contributed by atoms with Crippen molar-refractivity contribution in [1.82, 2.24) is 5.32 Å². The second-order valence-electron chi connectivity index (χ2n) is 5.76. The van der Waals surface area contributed by atoms with Gasteiger partial charge in [-0.3, -0.25) is 0 Å². The molecule has 1 unspecified atom stereocenters. The third kappa shape index (κ3) is 4.02. The van der Waals surface area contributed by atoms with Crippen molar-refractivity contribution >= 4 is 0 Å². The molecule has 0 aliphatic heterocycles. The first-order valence-corrected chi connectivity index (χ1v) is 7.31. The van der Waals surface area contributed by atoms with Crippen molar-refractivity contribution in [2.75, 3.05) is 6.54 Å². The van der Waals surface area contributed by atoms with Crippen LogP contribution in [0.3, 0.4) is 0 Å². The van der Waals surface area contributed by atoms with E-state index in [9.17, 15) is 9.50 Å². The predicted octanol–water partition coefficient (Wildman–Crippen LogP) is 3.56. The summed E-state index contributed by atoms with van der Waals surface area (Å²) >= 11 is 0. The Kier molecular flexibility index (Phi) is 4.94. The van der Waals surface area contributed by atoms with Crippen LogP contribution in [0, 0.1) is 5.82 Å². The molecular weight excluding hydrogens is 241 g/mol. The summed E-state index contributed by atoms with van der Waals surface area (Å²) in [5.74, 6) is -0.185. The highest BCUT2D eigenvalue weighted by Crippen LogP contribution is 2.27. The van der Waals surface area contributed by atoms with Gasteiger partial charge in [0.15, 0.2) is 0 Å². The molecule has 1 aliphatic rings. The van der Waals surface area contributed by atoms with Gasteiger partial charge in [-0.15, -0.1) is 0 Å². The highest BCUT2D eigenvalue weighted by atomic mass is 19.1. The summed E-state index contributed by atoms with van der Waals surface area (Å²) in [7, 11) is 0. The molecule has 0 radical (unpaired) electrons.